The van der Waals surface area contributed by atoms with E-state index in [-0.39, 0.29) is 0 Å². The maximum absolute atomic E-state index is 3.27. The summed E-state index contributed by atoms with van der Waals surface area (Å²) in [5.41, 5.74) is 4.67. The largest absolute Gasteiger partial charge is 0.319 e. The van der Waals surface area contributed by atoms with Gasteiger partial charge in [0.05, 0.1) is 0 Å². The van der Waals surface area contributed by atoms with Crippen molar-refractivity contribution < 1.29 is 0 Å². The van der Waals surface area contributed by atoms with Gasteiger partial charge in [0, 0.05) is 6.54 Å². The molecule has 0 bridgehead atoms. The van der Waals surface area contributed by atoms with Gasteiger partial charge in [-0.3, -0.25) is 0 Å². The third-order valence-electron chi connectivity index (χ3n) is 2.96. The highest BCUT2D eigenvalue weighted by molar-refractivity contribution is 5.34. The molecule has 1 heteroatoms. The van der Waals surface area contributed by atoms with Gasteiger partial charge in [-0.05, 0) is 49.4 Å². The van der Waals surface area contributed by atoms with E-state index in [1.807, 2.05) is 7.05 Å². The van der Waals surface area contributed by atoms with Crippen molar-refractivity contribution in [3.8, 4) is 0 Å². The molecule has 1 N–H and O–H groups in total. The van der Waals surface area contributed by atoms with Crippen molar-refractivity contribution in [1.82, 2.24) is 5.32 Å². The molecule has 15 heavy (non-hydrogen) atoms. The zero-order valence-electron chi connectivity index (χ0n) is 10.6. The van der Waals surface area contributed by atoms with E-state index in [1.165, 1.54) is 16.7 Å². The van der Waals surface area contributed by atoms with Crippen molar-refractivity contribution in [2.45, 2.75) is 34.1 Å². The second kappa shape index (κ2) is 4.80. The van der Waals surface area contributed by atoms with Crippen LogP contribution in [0.2, 0.25) is 0 Å². The van der Waals surface area contributed by atoms with E-state index in [0.717, 1.165) is 13.0 Å². The van der Waals surface area contributed by atoms with Gasteiger partial charge in [0.15, 0.2) is 0 Å². The molecule has 0 fully saturated rings. The number of hydrogen-bond donors (Lipinski definition) is 1. The standard InChI is InChI=1S/C14H23N/c1-11-7-6-8-12(2)13(11)9-14(3,4)10-15-5/h6-8,15H,9-10H2,1-5H3. The lowest BCUT2D eigenvalue weighted by Crippen LogP contribution is -2.29. The normalized spacial score (nSPS) is 11.8. The summed E-state index contributed by atoms with van der Waals surface area (Å²) in [6.07, 6.45) is 1.15. The summed E-state index contributed by atoms with van der Waals surface area (Å²) < 4.78 is 0. The van der Waals surface area contributed by atoms with Gasteiger partial charge in [-0.2, -0.15) is 0 Å². The van der Waals surface area contributed by atoms with Crippen molar-refractivity contribution in [2.24, 2.45) is 5.41 Å². The molecule has 0 spiro atoms. The lowest BCUT2D eigenvalue weighted by Gasteiger charge is -2.26. The summed E-state index contributed by atoms with van der Waals surface area (Å²) in [5, 5.41) is 3.27. The molecule has 0 radical (unpaired) electrons. The lowest BCUT2D eigenvalue weighted by molar-refractivity contribution is 0.349. The molecule has 1 aromatic carbocycles. The van der Waals surface area contributed by atoms with Crippen molar-refractivity contribution in [2.75, 3.05) is 13.6 Å². The molecule has 0 heterocycles. The van der Waals surface area contributed by atoms with Crippen molar-refractivity contribution in [3.63, 3.8) is 0 Å². The first-order valence-corrected chi connectivity index (χ1v) is 5.66. The summed E-state index contributed by atoms with van der Waals surface area (Å²) >= 11 is 0. The minimum absolute atomic E-state index is 0.325. The van der Waals surface area contributed by atoms with Crippen LogP contribution in [0.5, 0.6) is 0 Å². The average molecular weight is 205 g/mol. The first-order chi connectivity index (χ1) is 6.96. The van der Waals surface area contributed by atoms with Crippen LogP contribution in [0.4, 0.5) is 0 Å². The predicted octanol–water partition coefficient (Wildman–Crippen LogP) is 3.09. The van der Waals surface area contributed by atoms with Crippen molar-refractivity contribution in [1.29, 1.82) is 0 Å². The molecule has 0 aliphatic rings. The van der Waals surface area contributed by atoms with Gasteiger partial charge in [0.1, 0.15) is 0 Å². The van der Waals surface area contributed by atoms with Crippen LogP contribution in [-0.4, -0.2) is 13.6 Å². The van der Waals surface area contributed by atoms with Crippen LogP contribution in [0.1, 0.15) is 30.5 Å². The number of aryl methyl sites for hydroxylation is 2. The molecule has 0 saturated carbocycles. The van der Waals surface area contributed by atoms with Gasteiger partial charge >= 0.3 is 0 Å². The monoisotopic (exact) mass is 205 g/mol. The van der Waals surface area contributed by atoms with E-state index in [1.54, 1.807) is 0 Å². The highest BCUT2D eigenvalue weighted by Gasteiger charge is 2.19. The van der Waals surface area contributed by atoms with Gasteiger partial charge in [-0.25, -0.2) is 0 Å². The number of rotatable bonds is 4. The Kier molecular flexibility index (Phi) is 3.92. The fourth-order valence-corrected chi connectivity index (χ4v) is 2.15. The van der Waals surface area contributed by atoms with E-state index in [4.69, 9.17) is 0 Å². The van der Waals surface area contributed by atoms with Crippen LogP contribution in [0.15, 0.2) is 18.2 Å². The first kappa shape index (κ1) is 12.3. The molecule has 0 amide bonds. The second-order valence-electron chi connectivity index (χ2n) is 5.24. The van der Waals surface area contributed by atoms with E-state index in [9.17, 15) is 0 Å². The molecule has 0 aliphatic heterocycles. The van der Waals surface area contributed by atoms with E-state index >= 15 is 0 Å². The number of nitrogens with one attached hydrogen (secondary N) is 1. The maximum atomic E-state index is 3.27. The Labute approximate surface area is 93.9 Å². The van der Waals surface area contributed by atoms with Crippen LogP contribution in [0, 0.1) is 19.3 Å². The van der Waals surface area contributed by atoms with Gasteiger partial charge in [0.2, 0.25) is 0 Å². The first-order valence-electron chi connectivity index (χ1n) is 5.66. The Morgan fingerprint density at radius 2 is 1.67 bits per heavy atom. The Bertz CT molecular complexity index is 306. The van der Waals surface area contributed by atoms with E-state index < -0.39 is 0 Å². The van der Waals surface area contributed by atoms with E-state index in [2.05, 4.69) is 51.2 Å². The quantitative estimate of drug-likeness (QED) is 0.796. The summed E-state index contributed by atoms with van der Waals surface area (Å²) in [5.74, 6) is 0. The molecule has 0 aromatic heterocycles. The third-order valence-corrected chi connectivity index (χ3v) is 2.96. The number of hydrogen-bond acceptors (Lipinski definition) is 1. The van der Waals surface area contributed by atoms with Crippen LogP contribution >= 0.6 is 0 Å². The molecular weight excluding hydrogens is 182 g/mol. The number of benzene rings is 1. The summed E-state index contributed by atoms with van der Waals surface area (Å²) in [4.78, 5) is 0. The summed E-state index contributed by atoms with van der Waals surface area (Å²) in [6.45, 7) is 10.1. The van der Waals surface area contributed by atoms with E-state index in [0.29, 0.717) is 5.41 Å². The highest BCUT2D eigenvalue weighted by Crippen LogP contribution is 2.25. The van der Waals surface area contributed by atoms with Gasteiger partial charge in [-0.15, -0.1) is 0 Å². The second-order valence-corrected chi connectivity index (χ2v) is 5.24. The molecule has 1 rings (SSSR count). The van der Waals surface area contributed by atoms with Gasteiger partial charge in [-0.1, -0.05) is 32.0 Å². The fourth-order valence-electron chi connectivity index (χ4n) is 2.15. The van der Waals surface area contributed by atoms with Crippen LogP contribution in [-0.2, 0) is 6.42 Å². The Balaban J connectivity index is 2.89. The maximum Gasteiger partial charge on any atom is 0.000270 e. The van der Waals surface area contributed by atoms with Crippen LogP contribution in [0.3, 0.4) is 0 Å². The zero-order chi connectivity index (χ0) is 11.5. The zero-order valence-corrected chi connectivity index (χ0v) is 10.6. The molecule has 1 nitrogen and oxygen atoms in total. The molecular formula is C14H23N. The Morgan fingerprint density at radius 1 is 1.13 bits per heavy atom. The molecule has 84 valence electrons. The van der Waals surface area contributed by atoms with Gasteiger partial charge in [0.25, 0.3) is 0 Å². The third kappa shape index (κ3) is 3.35. The minimum atomic E-state index is 0.325. The Hall–Kier alpha value is -0.820. The Morgan fingerprint density at radius 3 is 2.13 bits per heavy atom. The van der Waals surface area contributed by atoms with Crippen LogP contribution < -0.4 is 5.32 Å². The van der Waals surface area contributed by atoms with Crippen molar-refractivity contribution in [3.05, 3.63) is 34.9 Å². The SMILES string of the molecule is CNCC(C)(C)Cc1c(C)cccc1C. The molecule has 0 unspecified atom stereocenters. The minimum Gasteiger partial charge on any atom is -0.319 e. The summed E-state index contributed by atoms with van der Waals surface area (Å²) in [6, 6.07) is 6.55. The molecule has 0 aliphatic carbocycles. The molecule has 0 atom stereocenters. The topological polar surface area (TPSA) is 12.0 Å². The average Bonchev–Trinajstić information content (AvgIpc) is 2.11. The van der Waals surface area contributed by atoms with Gasteiger partial charge < -0.3 is 5.32 Å². The molecule has 1 aromatic rings. The highest BCUT2D eigenvalue weighted by atomic mass is 14.8. The lowest BCUT2D eigenvalue weighted by atomic mass is 9.83. The summed E-state index contributed by atoms with van der Waals surface area (Å²) in [7, 11) is 2.02. The molecule has 0 saturated heterocycles. The smallest absolute Gasteiger partial charge is 0.000270 e. The van der Waals surface area contributed by atoms with Crippen LogP contribution in [0.25, 0.3) is 0 Å². The van der Waals surface area contributed by atoms with Crippen molar-refractivity contribution >= 4 is 0 Å². The fraction of sp³-hybridized carbons (Fsp3) is 0.571. The predicted molar refractivity (Wildman–Crippen MR) is 67.3 cm³/mol.